The quantitative estimate of drug-likeness (QED) is 0.677. The molecule has 0 unspecified atom stereocenters. The normalized spacial score (nSPS) is 31.2. The van der Waals surface area contributed by atoms with Gasteiger partial charge in [-0.3, -0.25) is 0 Å². The van der Waals surface area contributed by atoms with E-state index >= 15 is 0 Å². The van der Waals surface area contributed by atoms with Gasteiger partial charge in [0.05, 0.1) is 0 Å². The number of fused-ring (bicyclic) bond motifs is 1. The van der Waals surface area contributed by atoms with E-state index < -0.39 is 11.9 Å². The van der Waals surface area contributed by atoms with Crippen molar-refractivity contribution < 1.29 is 14.9 Å². The molecule has 2 N–H and O–H groups in total. The van der Waals surface area contributed by atoms with Gasteiger partial charge in [-0.15, -0.1) is 0 Å². The topological polar surface area (TPSA) is 49.7 Å². The van der Waals surface area contributed by atoms with Crippen molar-refractivity contribution in [3.63, 3.8) is 0 Å². The van der Waals surface area contributed by atoms with E-state index in [0.29, 0.717) is 17.7 Å². The van der Waals surface area contributed by atoms with Crippen LogP contribution in [0.15, 0.2) is 24.3 Å². The fourth-order valence-electron chi connectivity index (χ4n) is 1.64. The zero-order chi connectivity index (χ0) is 9.47. The molecule has 0 saturated heterocycles. The molecule has 3 heteroatoms. The molecule has 70 valence electrons. The summed E-state index contributed by atoms with van der Waals surface area (Å²) in [5.74, 6) is 0.569. The van der Waals surface area contributed by atoms with E-state index in [-0.39, 0.29) is 0 Å². The van der Waals surface area contributed by atoms with Gasteiger partial charge in [-0.25, -0.2) is 0 Å². The van der Waals surface area contributed by atoms with Crippen molar-refractivity contribution in [2.45, 2.75) is 25.2 Å². The van der Waals surface area contributed by atoms with E-state index in [9.17, 15) is 10.2 Å². The summed E-state index contributed by atoms with van der Waals surface area (Å²) in [6.45, 7) is 1.81. The number of rotatable bonds is 1. The van der Waals surface area contributed by atoms with E-state index in [1.165, 1.54) is 0 Å². The van der Waals surface area contributed by atoms with Gasteiger partial charge in [0, 0.05) is 5.56 Å². The van der Waals surface area contributed by atoms with Gasteiger partial charge in [-0.2, -0.15) is 0 Å². The molecule has 1 aromatic carbocycles. The first-order chi connectivity index (χ1) is 6.18. The van der Waals surface area contributed by atoms with Crippen LogP contribution in [0.4, 0.5) is 0 Å². The maximum absolute atomic E-state index is 10.0. The third-order valence-corrected chi connectivity index (χ3v) is 2.54. The van der Waals surface area contributed by atoms with E-state index in [0.717, 1.165) is 0 Å². The minimum Gasteiger partial charge on any atom is -0.461 e. The van der Waals surface area contributed by atoms with Crippen LogP contribution in [0.1, 0.15) is 18.9 Å². The minimum atomic E-state index is -1.24. The van der Waals surface area contributed by atoms with Gasteiger partial charge in [0.2, 0.25) is 6.29 Å². The molecular formula is C10H12O3. The molecule has 0 saturated carbocycles. The first-order valence-electron chi connectivity index (χ1n) is 4.35. The van der Waals surface area contributed by atoms with E-state index in [1.807, 2.05) is 19.1 Å². The van der Waals surface area contributed by atoms with Crippen molar-refractivity contribution in [3.8, 4) is 5.75 Å². The fraction of sp³-hybridized carbons (Fsp3) is 0.400. The molecule has 2 rings (SSSR count). The van der Waals surface area contributed by atoms with Crippen LogP contribution in [-0.4, -0.2) is 16.5 Å². The maximum Gasteiger partial charge on any atom is 0.230 e. The molecule has 2 atom stereocenters. The summed E-state index contributed by atoms with van der Waals surface area (Å²) in [5, 5.41) is 19.5. The Morgan fingerprint density at radius 2 is 2.15 bits per heavy atom. The Bertz CT molecular complexity index is 324. The Balaban J connectivity index is 2.52. The first kappa shape index (κ1) is 8.53. The summed E-state index contributed by atoms with van der Waals surface area (Å²) in [5.41, 5.74) is -0.568. The second kappa shape index (κ2) is 2.72. The third-order valence-electron chi connectivity index (χ3n) is 2.54. The Labute approximate surface area is 76.6 Å². The fourth-order valence-corrected chi connectivity index (χ4v) is 1.64. The lowest BCUT2D eigenvalue weighted by Gasteiger charge is -2.23. The van der Waals surface area contributed by atoms with Crippen molar-refractivity contribution in [2.24, 2.45) is 0 Å². The summed E-state index contributed by atoms with van der Waals surface area (Å²) >= 11 is 0. The number of aliphatic hydroxyl groups is 2. The van der Waals surface area contributed by atoms with Crippen molar-refractivity contribution in [1.82, 2.24) is 0 Å². The molecule has 0 bridgehead atoms. The Kier molecular flexibility index (Phi) is 1.78. The standard InChI is InChI=1S/C10H12O3/c1-2-10(12)7-5-3-4-6-8(7)13-9(10)11/h3-6,9,11-12H,2H2,1H3/t9-,10-/m0/s1. The molecule has 1 aliphatic rings. The van der Waals surface area contributed by atoms with E-state index in [4.69, 9.17) is 4.74 Å². The highest BCUT2D eigenvalue weighted by Crippen LogP contribution is 2.41. The molecule has 13 heavy (non-hydrogen) atoms. The second-order valence-corrected chi connectivity index (χ2v) is 3.24. The smallest absolute Gasteiger partial charge is 0.230 e. The van der Waals surface area contributed by atoms with Gasteiger partial charge in [-0.1, -0.05) is 25.1 Å². The van der Waals surface area contributed by atoms with E-state index in [1.54, 1.807) is 12.1 Å². The molecule has 0 fully saturated rings. The van der Waals surface area contributed by atoms with Crippen molar-refractivity contribution in [2.75, 3.05) is 0 Å². The number of hydrogen-bond acceptors (Lipinski definition) is 3. The highest BCUT2D eigenvalue weighted by molar-refractivity contribution is 5.42. The van der Waals surface area contributed by atoms with Gasteiger partial charge in [0.1, 0.15) is 5.75 Å². The lowest BCUT2D eigenvalue weighted by Crippen LogP contribution is -2.36. The summed E-state index contributed by atoms with van der Waals surface area (Å²) < 4.78 is 5.12. The predicted octanol–water partition coefficient (Wildman–Crippen LogP) is 0.995. The van der Waals surface area contributed by atoms with Gasteiger partial charge >= 0.3 is 0 Å². The van der Waals surface area contributed by atoms with Crippen LogP contribution < -0.4 is 4.74 Å². The van der Waals surface area contributed by atoms with Crippen LogP contribution in [0.25, 0.3) is 0 Å². The number of para-hydroxylation sites is 1. The minimum absolute atomic E-state index is 0.436. The van der Waals surface area contributed by atoms with Crippen molar-refractivity contribution in [3.05, 3.63) is 29.8 Å². The lowest BCUT2D eigenvalue weighted by molar-refractivity contribution is -0.153. The molecule has 0 amide bonds. The zero-order valence-corrected chi connectivity index (χ0v) is 7.40. The summed E-state index contributed by atoms with van der Waals surface area (Å²) in [6.07, 6.45) is -0.708. The van der Waals surface area contributed by atoms with Gasteiger partial charge in [-0.05, 0) is 12.5 Å². The average molecular weight is 180 g/mol. The lowest BCUT2D eigenvalue weighted by atomic mass is 9.92. The average Bonchev–Trinajstić information content (AvgIpc) is 2.41. The highest BCUT2D eigenvalue weighted by atomic mass is 16.6. The van der Waals surface area contributed by atoms with Crippen LogP contribution in [0.3, 0.4) is 0 Å². The number of benzene rings is 1. The first-order valence-corrected chi connectivity index (χ1v) is 4.35. The molecule has 3 nitrogen and oxygen atoms in total. The number of hydrogen-bond donors (Lipinski definition) is 2. The Hall–Kier alpha value is -1.06. The summed E-state index contributed by atoms with van der Waals surface area (Å²) in [6, 6.07) is 7.15. The maximum atomic E-state index is 10.0. The SMILES string of the molecule is CC[C@]1(O)c2ccccc2O[C@@H]1O. The Morgan fingerprint density at radius 1 is 1.46 bits per heavy atom. The van der Waals surface area contributed by atoms with Crippen molar-refractivity contribution >= 4 is 0 Å². The van der Waals surface area contributed by atoms with Crippen LogP contribution in [0, 0.1) is 0 Å². The number of aliphatic hydroxyl groups excluding tert-OH is 1. The molecule has 0 aromatic heterocycles. The predicted molar refractivity (Wildman–Crippen MR) is 47.3 cm³/mol. The molecule has 1 aromatic rings. The summed E-state index contributed by atoms with van der Waals surface area (Å²) in [7, 11) is 0. The third kappa shape index (κ3) is 1.04. The molecular weight excluding hydrogens is 168 g/mol. The second-order valence-electron chi connectivity index (χ2n) is 3.24. The number of ether oxygens (including phenoxy) is 1. The highest BCUT2D eigenvalue weighted by Gasteiger charge is 2.45. The molecule has 1 aliphatic heterocycles. The van der Waals surface area contributed by atoms with Gasteiger partial charge in [0.25, 0.3) is 0 Å². The van der Waals surface area contributed by atoms with E-state index in [2.05, 4.69) is 0 Å². The molecule has 0 radical (unpaired) electrons. The molecule has 1 heterocycles. The van der Waals surface area contributed by atoms with Crippen LogP contribution in [-0.2, 0) is 5.60 Å². The monoisotopic (exact) mass is 180 g/mol. The molecule has 0 spiro atoms. The van der Waals surface area contributed by atoms with Crippen molar-refractivity contribution in [1.29, 1.82) is 0 Å². The zero-order valence-electron chi connectivity index (χ0n) is 7.40. The largest absolute Gasteiger partial charge is 0.461 e. The summed E-state index contributed by atoms with van der Waals surface area (Å²) in [4.78, 5) is 0. The van der Waals surface area contributed by atoms with Crippen LogP contribution in [0.2, 0.25) is 0 Å². The van der Waals surface area contributed by atoms with Gasteiger partial charge < -0.3 is 14.9 Å². The Morgan fingerprint density at radius 3 is 2.85 bits per heavy atom. The van der Waals surface area contributed by atoms with Gasteiger partial charge in [0.15, 0.2) is 5.60 Å². The van der Waals surface area contributed by atoms with Crippen LogP contribution >= 0.6 is 0 Å². The molecule has 0 aliphatic carbocycles. The van der Waals surface area contributed by atoms with Crippen LogP contribution in [0.5, 0.6) is 5.75 Å².